The second-order valence-electron chi connectivity index (χ2n) is 6.37. The Morgan fingerprint density at radius 2 is 1.73 bits per heavy atom. The van der Waals surface area contributed by atoms with E-state index in [4.69, 9.17) is 5.11 Å². The van der Waals surface area contributed by atoms with Gasteiger partial charge >= 0.3 is 5.97 Å². The molecule has 1 aliphatic carbocycles. The van der Waals surface area contributed by atoms with Gasteiger partial charge in [0.1, 0.15) is 0 Å². The maximum atomic E-state index is 11.0. The maximum Gasteiger partial charge on any atom is 0.303 e. The first kappa shape index (κ1) is 12.5. The molecule has 0 saturated heterocycles. The fourth-order valence-corrected chi connectivity index (χ4v) is 3.16. The summed E-state index contributed by atoms with van der Waals surface area (Å²) < 4.78 is 0. The minimum absolute atomic E-state index is 0.0856. The van der Waals surface area contributed by atoms with Crippen molar-refractivity contribution in [2.45, 2.75) is 65.7 Å². The van der Waals surface area contributed by atoms with E-state index in [0.29, 0.717) is 6.42 Å². The quantitative estimate of drug-likeness (QED) is 0.771. The predicted molar refractivity (Wildman–Crippen MR) is 61.8 cm³/mol. The molecule has 0 atom stereocenters. The molecule has 0 unspecified atom stereocenters. The Morgan fingerprint density at radius 1 is 1.20 bits per heavy atom. The standard InChI is InChI=1S/C13H24O2/c1-12(2,3)10-13(9-11(14)15)7-5-4-6-8-13/h4-10H2,1-3H3,(H,14,15). The third kappa shape index (κ3) is 4.23. The van der Waals surface area contributed by atoms with Gasteiger partial charge in [-0.15, -0.1) is 0 Å². The van der Waals surface area contributed by atoms with Gasteiger partial charge in [0.25, 0.3) is 0 Å². The van der Waals surface area contributed by atoms with Crippen LogP contribution in [0, 0.1) is 10.8 Å². The van der Waals surface area contributed by atoms with E-state index in [9.17, 15) is 4.79 Å². The van der Waals surface area contributed by atoms with Gasteiger partial charge in [-0.05, 0) is 30.1 Å². The number of carboxylic acid groups (broad SMARTS) is 1. The molecular formula is C13H24O2. The van der Waals surface area contributed by atoms with Crippen molar-refractivity contribution in [1.82, 2.24) is 0 Å². The number of hydrogen-bond acceptors (Lipinski definition) is 1. The molecule has 2 heteroatoms. The van der Waals surface area contributed by atoms with Crippen LogP contribution < -0.4 is 0 Å². The van der Waals surface area contributed by atoms with Crippen LogP contribution in [0.2, 0.25) is 0 Å². The summed E-state index contributed by atoms with van der Waals surface area (Å²) in [5.41, 5.74) is 0.328. The molecule has 0 aromatic heterocycles. The normalized spacial score (nSPS) is 21.3. The molecule has 88 valence electrons. The SMILES string of the molecule is CC(C)(C)CC1(CC(=O)O)CCCCC1. The zero-order valence-corrected chi connectivity index (χ0v) is 10.3. The Kier molecular flexibility index (Phi) is 3.80. The smallest absolute Gasteiger partial charge is 0.303 e. The van der Waals surface area contributed by atoms with E-state index in [1.807, 2.05) is 0 Å². The average molecular weight is 212 g/mol. The van der Waals surface area contributed by atoms with E-state index in [0.717, 1.165) is 19.3 Å². The van der Waals surface area contributed by atoms with Crippen molar-refractivity contribution in [3.8, 4) is 0 Å². The first-order valence-corrected chi connectivity index (χ1v) is 6.05. The number of carbonyl (C=O) groups is 1. The highest BCUT2D eigenvalue weighted by atomic mass is 16.4. The van der Waals surface area contributed by atoms with Gasteiger partial charge in [0.2, 0.25) is 0 Å². The van der Waals surface area contributed by atoms with Crippen LogP contribution in [0.5, 0.6) is 0 Å². The van der Waals surface area contributed by atoms with E-state index in [1.165, 1.54) is 19.3 Å². The van der Waals surface area contributed by atoms with Crippen molar-refractivity contribution < 1.29 is 9.90 Å². The Hall–Kier alpha value is -0.530. The van der Waals surface area contributed by atoms with Crippen molar-refractivity contribution in [1.29, 1.82) is 0 Å². The first-order valence-electron chi connectivity index (χ1n) is 6.05. The van der Waals surface area contributed by atoms with Gasteiger partial charge in [0, 0.05) is 0 Å². The minimum atomic E-state index is -0.624. The van der Waals surface area contributed by atoms with Crippen LogP contribution in [0.4, 0.5) is 0 Å². The molecule has 15 heavy (non-hydrogen) atoms. The van der Waals surface area contributed by atoms with Crippen molar-refractivity contribution in [2.24, 2.45) is 10.8 Å². The molecule has 0 amide bonds. The van der Waals surface area contributed by atoms with E-state index < -0.39 is 5.97 Å². The molecule has 0 spiro atoms. The Bertz CT molecular complexity index is 219. The van der Waals surface area contributed by atoms with Gasteiger partial charge in [0.15, 0.2) is 0 Å². The molecule has 0 bridgehead atoms. The lowest BCUT2D eigenvalue weighted by molar-refractivity contribution is -0.141. The molecular weight excluding hydrogens is 188 g/mol. The highest BCUT2D eigenvalue weighted by Gasteiger charge is 2.37. The topological polar surface area (TPSA) is 37.3 Å². The number of carboxylic acids is 1. The Labute approximate surface area is 93.1 Å². The molecule has 1 N–H and O–H groups in total. The molecule has 1 fully saturated rings. The average Bonchev–Trinajstić information content (AvgIpc) is 1.99. The molecule has 0 radical (unpaired) electrons. The molecule has 1 aliphatic rings. The van der Waals surface area contributed by atoms with E-state index in [-0.39, 0.29) is 10.8 Å². The zero-order chi connectivity index (χ0) is 11.5. The van der Waals surface area contributed by atoms with Gasteiger partial charge in [-0.2, -0.15) is 0 Å². The van der Waals surface area contributed by atoms with E-state index >= 15 is 0 Å². The summed E-state index contributed by atoms with van der Waals surface area (Å²) >= 11 is 0. The lowest BCUT2D eigenvalue weighted by Gasteiger charge is -2.40. The van der Waals surface area contributed by atoms with Crippen LogP contribution in [-0.2, 0) is 4.79 Å². The lowest BCUT2D eigenvalue weighted by Crippen LogP contribution is -2.31. The third-order valence-electron chi connectivity index (χ3n) is 3.35. The maximum absolute atomic E-state index is 11.0. The largest absolute Gasteiger partial charge is 0.481 e. The monoisotopic (exact) mass is 212 g/mol. The second kappa shape index (κ2) is 4.54. The van der Waals surface area contributed by atoms with Gasteiger partial charge in [-0.25, -0.2) is 0 Å². The van der Waals surface area contributed by atoms with Gasteiger partial charge in [-0.1, -0.05) is 40.0 Å². The predicted octanol–water partition coefficient (Wildman–Crippen LogP) is 3.85. The van der Waals surface area contributed by atoms with Gasteiger partial charge < -0.3 is 5.11 Å². The Balaban J connectivity index is 2.70. The third-order valence-corrected chi connectivity index (χ3v) is 3.35. The fourth-order valence-electron chi connectivity index (χ4n) is 3.16. The summed E-state index contributed by atoms with van der Waals surface area (Å²) in [6.07, 6.45) is 7.34. The van der Waals surface area contributed by atoms with Crippen LogP contribution in [0.15, 0.2) is 0 Å². The molecule has 1 saturated carbocycles. The Morgan fingerprint density at radius 3 is 2.13 bits per heavy atom. The van der Waals surface area contributed by atoms with Gasteiger partial charge in [-0.3, -0.25) is 4.79 Å². The number of aliphatic carboxylic acids is 1. The summed E-state index contributed by atoms with van der Waals surface area (Å²) in [6.45, 7) is 6.64. The van der Waals surface area contributed by atoms with Crippen LogP contribution in [-0.4, -0.2) is 11.1 Å². The van der Waals surface area contributed by atoms with Crippen LogP contribution in [0.25, 0.3) is 0 Å². The summed E-state index contributed by atoms with van der Waals surface area (Å²) in [7, 11) is 0. The van der Waals surface area contributed by atoms with Gasteiger partial charge in [0.05, 0.1) is 6.42 Å². The van der Waals surface area contributed by atoms with Crippen molar-refractivity contribution in [2.75, 3.05) is 0 Å². The highest BCUT2D eigenvalue weighted by Crippen LogP contribution is 2.47. The zero-order valence-electron chi connectivity index (χ0n) is 10.3. The van der Waals surface area contributed by atoms with Crippen LogP contribution in [0.1, 0.15) is 65.7 Å². The number of rotatable bonds is 3. The highest BCUT2D eigenvalue weighted by molar-refractivity contribution is 5.67. The number of hydrogen-bond donors (Lipinski definition) is 1. The molecule has 0 heterocycles. The minimum Gasteiger partial charge on any atom is -0.481 e. The van der Waals surface area contributed by atoms with E-state index in [1.54, 1.807) is 0 Å². The summed E-state index contributed by atoms with van der Waals surface area (Å²) in [5.74, 6) is -0.624. The van der Waals surface area contributed by atoms with Crippen molar-refractivity contribution >= 4 is 5.97 Å². The van der Waals surface area contributed by atoms with Crippen LogP contribution >= 0.6 is 0 Å². The second-order valence-corrected chi connectivity index (χ2v) is 6.37. The van der Waals surface area contributed by atoms with E-state index in [2.05, 4.69) is 20.8 Å². The van der Waals surface area contributed by atoms with Crippen LogP contribution in [0.3, 0.4) is 0 Å². The molecule has 0 aromatic carbocycles. The van der Waals surface area contributed by atoms with Crippen molar-refractivity contribution in [3.63, 3.8) is 0 Å². The first-order chi connectivity index (χ1) is 6.83. The molecule has 0 aliphatic heterocycles. The molecule has 1 rings (SSSR count). The fraction of sp³-hybridized carbons (Fsp3) is 0.923. The van der Waals surface area contributed by atoms with Crippen molar-refractivity contribution in [3.05, 3.63) is 0 Å². The summed E-state index contributed by atoms with van der Waals surface area (Å²) in [6, 6.07) is 0. The molecule has 0 aromatic rings. The lowest BCUT2D eigenvalue weighted by atomic mass is 9.64. The molecule has 2 nitrogen and oxygen atoms in total. The summed E-state index contributed by atoms with van der Waals surface area (Å²) in [4.78, 5) is 11.0. The summed E-state index contributed by atoms with van der Waals surface area (Å²) in [5, 5.41) is 9.03.